The lowest BCUT2D eigenvalue weighted by Gasteiger charge is -2.09. The maximum atomic E-state index is 11.0. The Morgan fingerprint density at radius 3 is 2.59 bits per heavy atom. The van der Waals surface area contributed by atoms with E-state index in [1.54, 1.807) is 14.2 Å². The van der Waals surface area contributed by atoms with Crippen LogP contribution in [0, 0.1) is 0 Å². The number of methoxy groups -OCH3 is 2. The molecule has 4 nitrogen and oxygen atoms in total. The molecule has 0 saturated heterocycles. The Labute approximate surface area is 107 Å². The molecule has 0 aliphatic carbocycles. The lowest BCUT2D eigenvalue weighted by atomic mass is 10.1. The van der Waals surface area contributed by atoms with Crippen LogP contribution in [-0.2, 0) is 11.2 Å². The van der Waals surface area contributed by atoms with Crippen LogP contribution >= 0.6 is 12.6 Å². The number of rotatable bonds is 6. The first-order valence-electron chi connectivity index (χ1n) is 5.29. The topological polar surface area (TPSA) is 47.6 Å². The number of benzene rings is 1. The second-order valence-electron chi connectivity index (χ2n) is 3.45. The first kappa shape index (κ1) is 13.7. The van der Waals surface area contributed by atoms with E-state index < -0.39 is 0 Å². The third-order valence-electron chi connectivity index (χ3n) is 2.33. The van der Waals surface area contributed by atoms with Crippen LogP contribution in [0.3, 0.4) is 0 Å². The summed E-state index contributed by atoms with van der Waals surface area (Å²) in [6.07, 6.45) is 0.750. The van der Waals surface area contributed by atoms with Crippen LogP contribution in [0.25, 0.3) is 0 Å². The van der Waals surface area contributed by atoms with E-state index in [0.29, 0.717) is 18.0 Å². The molecule has 0 aromatic heterocycles. The molecule has 5 heteroatoms. The highest BCUT2D eigenvalue weighted by molar-refractivity contribution is 7.81. The van der Waals surface area contributed by atoms with Crippen molar-refractivity contribution in [3.63, 3.8) is 0 Å². The fourth-order valence-electron chi connectivity index (χ4n) is 1.44. The van der Waals surface area contributed by atoms with Gasteiger partial charge in [-0.1, -0.05) is 6.07 Å². The average molecular weight is 255 g/mol. The first-order chi connectivity index (χ1) is 8.21. The summed E-state index contributed by atoms with van der Waals surface area (Å²) in [5.74, 6) is 1.56. The molecule has 0 spiro atoms. The van der Waals surface area contributed by atoms with Crippen molar-refractivity contribution in [2.75, 3.05) is 26.5 Å². The summed E-state index contributed by atoms with van der Waals surface area (Å²) >= 11 is 3.88. The maximum absolute atomic E-state index is 11.0. The van der Waals surface area contributed by atoms with Gasteiger partial charge in [-0.25, -0.2) is 0 Å². The number of hydrogen-bond donors (Lipinski definition) is 2. The largest absolute Gasteiger partial charge is 0.493 e. The number of nitrogens with one attached hydrogen (secondary N) is 1. The molecule has 0 bridgehead atoms. The number of carbonyl (C=O) groups excluding carboxylic acids is 1. The van der Waals surface area contributed by atoms with Crippen molar-refractivity contribution in [3.8, 4) is 11.5 Å². The van der Waals surface area contributed by atoms with Crippen LogP contribution in [0.1, 0.15) is 5.56 Å². The predicted molar refractivity (Wildman–Crippen MR) is 70.1 cm³/mol. The molecule has 0 atom stereocenters. The van der Waals surface area contributed by atoms with Crippen molar-refractivity contribution in [1.82, 2.24) is 5.32 Å². The van der Waals surface area contributed by atoms with Crippen molar-refractivity contribution >= 4 is 18.5 Å². The summed E-state index contributed by atoms with van der Waals surface area (Å²) in [5, 5.41) is 2.76. The molecule has 1 N–H and O–H groups in total. The van der Waals surface area contributed by atoms with Gasteiger partial charge in [0.1, 0.15) is 0 Å². The molecule has 0 unspecified atom stereocenters. The van der Waals surface area contributed by atoms with Gasteiger partial charge in [0.2, 0.25) is 5.91 Å². The smallest absolute Gasteiger partial charge is 0.229 e. The van der Waals surface area contributed by atoms with Crippen molar-refractivity contribution < 1.29 is 14.3 Å². The second kappa shape index (κ2) is 7.06. The second-order valence-corrected chi connectivity index (χ2v) is 3.76. The fraction of sp³-hybridized carbons (Fsp3) is 0.417. The Balaban J connectivity index is 2.57. The van der Waals surface area contributed by atoms with Gasteiger partial charge in [-0.2, -0.15) is 12.6 Å². The number of hydrogen-bond acceptors (Lipinski definition) is 4. The number of thiol groups is 1. The van der Waals surface area contributed by atoms with E-state index in [4.69, 9.17) is 9.47 Å². The van der Waals surface area contributed by atoms with Crippen LogP contribution in [-0.4, -0.2) is 32.4 Å². The molecule has 94 valence electrons. The van der Waals surface area contributed by atoms with Crippen molar-refractivity contribution in [2.24, 2.45) is 0 Å². The summed E-state index contributed by atoms with van der Waals surface area (Å²) in [5.41, 5.74) is 1.09. The first-order valence-corrected chi connectivity index (χ1v) is 5.93. The maximum Gasteiger partial charge on any atom is 0.229 e. The lowest BCUT2D eigenvalue weighted by molar-refractivity contribution is -0.118. The minimum atomic E-state index is -0.0613. The molecule has 1 rings (SSSR count). The molecule has 0 saturated carbocycles. The van der Waals surface area contributed by atoms with Gasteiger partial charge in [-0.05, 0) is 24.1 Å². The Hall–Kier alpha value is -1.36. The van der Waals surface area contributed by atoms with Crippen molar-refractivity contribution in [3.05, 3.63) is 23.8 Å². The summed E-state index contributed by atoms with van der Waals surface area (Å²) in [4.78, 5) is 11.0. The zero-order valence-corrected chi connectivity index (χ0v) is 10.9. The van der Waals surface area contributed by atoms with Gasteiger partial charge in [0.15, 0.2) is 11.5 Å². The van der Waals surface area contributed by atoms with Gasteiger partial charge in [0.25, 0.3) is 0 Å². The highest BCUT2D eigenvalue weighted by atomic mass is 32.1. The predicted octanol–water partition coefficient (Wildman–Crippen LogP) is 1.29. The van der Waals surface area contributed by atoms with E-state index in [0.717, 1.165) is 12.0 Å². The summed E-state index contributed by atoms with van der Waals surface area (Å²) in [6.45, 7) is 0.592. The van der Waals surface area contributed by atoms with Gasteiger partial charge in [-0.15, -0.1) is 0 Å². The van der Waals surface area contributed by atoms with Crippen LogP contribution in [0.15, 0.2) is 18.2 Å². The highest BCUT2D eigenvalue weighted by Crippen LogP contribution is 2.27. The lowest BCUT2D eigenvalue weighted by Crippen LogP contribution is -2.26. The Morgan fingerprint density at radius 1 is 1.29 bits per heavy atom. The van der Waals surface area contributed by atoms with E-state index >= 15 is 0 Å². The van der Waals surface area contributed by atoms with E-state index in [-0.39, 0.29) is 11.7 Å². The minimum absolute atomic E-state index is 0.0613. The Kier molecular flexibility index (Phi) is 5.69. The fourth-order valence-corrected chi connectivity index (χ4v) is 1.55. The molecular formula is C12H17NO3S. The molecule has 1 amide bonds. The molecule has 1 aromatic rings. The van der Waals surface area contributed by atoms with Crippen LogP contribution in [0.4, 0.5) is 0 Å². The van der Waals surface area contributed by atoms with Crippen molar-refractivity contribution in [1.29, 1.82) is 0 Å². The molecule has 0 fully saturated rings. The quantitative estimate of drug-likeness (QED) is 0.753. The van der Waals surface area contributed by atoms with E-state index in [1.165, 1.54) is 0 Å². The molecule has 0 radical (unpaired) electrons. The third kappa shape index (κ3) is 4.19. The number of ether oxygens (including phenoxy) is 2. The highest BCUT2D eigenvalue weighted by Gasteiger charge is 2.04. The average Bonchev–Trinajstić information content (AvgIpc) is 2.38. The van der Waals surface area contributed by atoms with Gasteiger partial charge >= 0.3 is 0 Å². The third-order valence-corrected chi connectivity index (χ3v) is 2.61. The molecule has 0 heterocycles. The van der Waals surface area contributed by atoms with E-state index in [1.807, 2.05) is 18.2 Å². The van der Waals surface area contributed by atoms with Gasteiger partial charge in [0.05, 0.1) is 20.0 Å². The van der Waals surface area contributed by atoms with Gasteiger partial charge in [-0.3, -0.25) is 4.79 Å². The SMILES string of the molecule is COc1ccc(CCNC(=O)CS)cc1OC. The van der Waals surface area contributed by atoms with E-state index in [9.17, 15) is 4.79 Å². The summed E-state index contributed by atoms with van der Waals surface area (Å²) < 4.78 is 10.3. The van der Waals surface area contributed by atoms with Crippen molar-refractivity contribution in [2.45, 2.75) is 6.42 Å². The number of amides is 1. The van der Waals surface area contributed by atoms with Gasteiger partial charge < -0.3 is 14.8 Å². The number of carbonyl (C=O) groups is 1. The van der Waals surface area contributed by atoms with E-state index in [2.05, 4.69) is 17.9 Å². The normalized spacial score (nSPS) is 9.82. The van der Waals surface area contributed by atoms with Gasteiger partial charge in [0, 0.05) is 6.54 Å². The minimum Gasteiger partial charge on any atom is -0.493 e. The molecular weight excluding hydrogens is 238 g/mol. The van der Waals surface area contributed by atoms with Crippen LogP contribution < -0.4 is 14.8 Å². The van der Waals surface area contributed by atoms with Crippen LogP contribution in [0.2, 0.25) is 0 Å². The molecule has 17 heavy (non-hydrogen) atoms. The summed E-state index contributed by atoms with van der Waals surface area (Å²) in [6, 6.07) is 5.72. The Bertz CT molecular complexity index is 382. The zero-order chi connectivity index (χ0) is 12.7. The van der Waals surface area contributed by atoms with Crippen LogP contribution in [0.5, 0.6) is 11.5 Å². The molecule has 0 aliphatic heterocycles. The summed E-state index contributed by atoms with van der Waals surface area (Å²) in [7, 11) is 3.20. The Morgan fingerprint density at radius 2 is 2.00 bits per heavy atom. The zero-order valence-electron chi connectivity index (χ0n) is 10.0. The molecule has 1 aromatic carbocycles. The standard InChI is InChI=1S/C12H17NO3S/c1-15-10-4-3-9(7-11(10)16-2)5-6-13-12(14)8-17/h3-4,7,17H,5-6,8H2,1-2H3,(H,13,14). The monoisotopic (exact) mass is 255 g/mol. The molecule has 0 aliphatic rings.